The molecule has 0 aliphatic heterocycles. The summed E-state index contributed by atoms with van der Waals surface area (Å²) in [5.74, 6) is 3.51. The Balaban J connectivity index is 1.35. The van der Waals surface area contributed by atoms with Gasteiger partial charge in [-0.1, -0.05) is 44.2 Å². The van der Waals surface area contributed by atoms with Crippen LogP contribution in [0.5, 0.6) is 17.2 Å². The molecule has 0 bridgehead atoms. The Morgan fingerprint density at radius 3 is 2.17 bits per heavy atom. The van der Waals surface area contributed by atoms with Crippen LogP contribution in [0.25, 0.3) is 22.2 Å². The summed E-state index contributed by atoms with van der Waals surface area (Å²) in [6.45, 7) is 0.815. The minimum atomic E-state index is 0.815. The zero-order valence-electron chi connectivity index (χ0n) is 20.8. The van der Waals surface area contributed by atoms with Crippen LogP contribution in [-0.4, -0.2) is 25.8 Å². The van der Waals surface area contributed by atoms with Gasteiger partial charge in [0, 0.05) is 23.4 Å². The fraction of sp³-hybridized carbons (Fsp3) is 0.355. The van der Waals surface area contributed by atoms with E-state index in [0.717, 1.165) is 53.0 Å². The summed E-state index contributed by atoms with van der Waals surface area (Å²) in [6.07, 6.45) is 8.92. The third-order valence-electron chi connectivity index (χ3n) is 7.32. The lowest BCUT2D eigenvalue weighted by atomic mass is 9.87. The zero-order chi connectivity index (χ0) is 24.0. The van der Waals surface area contributed by atoms with Gasteiger partial charge in [0.25, 0.3) is 0 Å². The molecular formula is C31H35NO3. The third-order valence-corrected chi connectivity index (χ3v) is 7.32. The zero-order valence-corrected chi connectivity index (χ0v) is 20.8. The first-order valence-electron chi connectivity index (χ1n) is 12.8. The number of aromatic amines is 1. The molecule has 1 fully saturated rings. The van der Waals surface area contributed by atoms with E-state index in [1.54, 1.807) is 14.2 Å². The highest BCUT2D eigenvalue weighted by molar-refractivity contribution is 5.92. The smallest absolute Gasteiger partial charge is 0.120 e. The highest BCUT2D eigenvalue weighted by Crippen LogP contribution is 2.35. The molecule has 0 atom stereocenters. The lowest BCUT2D eigenvalue weighted by Gasteiger charge is -2.21. The number of methoxy groups -OCH3 is 2. The van der Waals surface area contributed by atoms with Crippen molar-refractivity contribution in [2.45, 2.75) is 44.9 Å². The van der Waals surface area contributed by atoms with E-state index in [0.29, 0.717) is 0 Å². The van der Waals surface area contributed by atoms with E-state index in [9.17, 15) is 0 Å². The van der Waals surface area contributed by atoms with Crippen LogP contribution in [0.1, 0.15) is 49.7 Å². The quantitative estimate of drug-likeness (QED) is 0.272. The van der Waals surface area contributed by atoms with Crippen LogP contribution in [0.15, 0.2) is 66.7 Å². The van der Waals surface area contributed by atoms with E-state index in [1.807, 2.05) is 18.2 Å². The molecule has 0 unspecified atom stereocenters. The first-order chi connectivity index (χ1) is 17.2. The number of ether oxygens (including phenoxy) is 3. The van der Waals surface area contributed by atoms with E-state index < -0.39 is 0 Å². The Morgan fingerprint density at radius 1 is 0.771 bits per heavy atom. The number of hydrogen-bond acceptors (Lipinski definition) is 3. The Bertz CT molecular complexity index is 1230. The van der Waals surface area contributed by atoms with Crippen molar-refractivity contribution in [3.8, 4) is 28.5 Å². The minimum Gasteiger partial charge on any atom is -0.497 e. The van der Waals surface area contributed by atoms with Gasteiger partial charge < -0.3 is 19.2 Å². The van der Waals surface area contributed by atoms with Gasteiger partial charge in [-0.15, -0.1) is 0 Å². The second-order valence-electron chi connectivity index (χ2n) is 9.58. The SMILES string of the molecule is COc1ccc(-c2[nH]c3cc(OC)ccc3c2Cc2ccc(OCCC3CCCCC3)cc2)cc1. The maximum Gasteiger partial charge on any atom is 0.120 e. The molecule has 182 valence electrons. The van der Waals surface area contributed by atoms with Crippen LogP contribution < -0.4 is 14.2 Å². The Labute approximate surface area is 208 Å². The number of H-pyrrole nitrogens is 1. The van der Waals surface area contributed by atoms with Crippen molar-refractivity contribution < 1.29 is 14.2 Å². The molecule has 1 saturated carbocycles. The van der Waals surface area contributed by atoms with Crippen LogP contribution in [0.2, 0.25) is 0 Å². The summed E-state index contributed by atoms with van der Waals surface area (Å²) in [5, 5.41) is 1.21. The molecule has 4 heteroatoms. The molecule has 0 spiro atoms. The van der Waals surface area contributed by atoms with Crippen molar-refractivity contribution in [2.75, 3.05) is 20.8 Å². The molecule has 4 aromatic rings. The molecule has 5 rings (SSSR count). The van der Waals surface area contributed by atoms with Gasteiger partial charge in [0.15, 0.2) is 0 Å². The average Bonchev–Trinajstić information content (AvgIpc) is 3.27. The van der Waals surface area contributed by atoms with Crippen LogP contribution in [0, 0.1) is 5.92 Å². The van der Waals surface area contributed by atoms with E-state index in [4.69, 9.17) is 14.2 Å². The summed E-state index contributed by atoms with van der Waals surface area (Å²) in [5.41, 5.74) is 5.88. The number of aromatic nitrogens is 1. The maximum absolute atomic E-state index is 6.08. The van der Waals surface area contributed by atoms with Gasteiger partial charge in [0.1, 0.15) is 17.2 Å². The molecule has 1 aromatic heterocycles. The Hall–Kier alpha value is -3.40. The third kappa shape index (κ3) is 5.48. The summed E-state index contributed by atoms with van der Waals surface area (Å²) in [4.78, 5) is 3.64. The van der Waals surface area contributed by atoms with Crippen molar-refractivity contribution in [3.63, 3.8) is 0 Å². The standard InChI is InChI=1S/C31H35NO3/c1-33-25-14-10-24(11-15-25)31-29(28-17-16-27(34-2)21-30(28)32-31)20-23-8-12-26(13-9-23)35-19-18-22-6-4-3-5-7-22/h8-17,21-22,32H,3-7,18-20H2,1-2H3. The number of rotatable bonds is 9. The number of benzene rings is 3. The molecule has 0 radical (unpaired) electrons. The second-order valence-corrected chi connectivity index (χ2v) is 9.58. The van der Waals surface area contributed by atoms with Crippen molar-refractivity contribution in [2.24, 2.45) is 5.92 Å². The van der Waals surface area contributed by atoms with E-state index in [-0.39, 0.29) is 0 Å². The highest BCUT2D eigenvalue weighted by Gasteiger charge is 2.16. The van der Waals surface area contributed by atoms with E-state index >= 15 is 0 Å². The van der Waals surface area contributed by atoms with Crippen LogP contribution >= 0.6 is 0 Å². The van der Waals surface area contributed by atoms with Crippen LogP contribution in [-0.2, 0) is 6.42 Å². The monoisotopic (exact) mass is 469 g/mol. The number of fused-ring (bicyclic) bond motifs is 1. The lowest BCUT2D eigenvalue weighted by molar-refractivity contribution is 0.246. The predicted molar refractivity (Wildman–Crippen MR) is 143 cm³/mol. The predicted octanol–water partition coefficient (Wildman–Crippen LogP) is 7.79. The first-order valence-corrected chi connectivity index (χ1v) is 12.8. The molecule has 0 saturated heterocycles. The molecule has 3 aromatic carbocycles. The number of hydrogen-bond donors (Lipinski definition) is 1. The summed E-state index contributed by atoms with van der Waals surface area (Å²) >= 11 is 0. The van der Waals surface area contributed by atoms with Gasteiger partial charge >= 0.3 is 0 Å². The van der Waals surface area contributed by atoms with Gasteiger partial charge in [-0.3, -0.25) is 0 Å². The molecule has 1 N–H and O–H groups in total. The number of nitrogens with one attached hydrogen (secondary N) is 1. The normalized spacial score (nSPS) is 14.2. The van der Waals surface area contributed by atoms with Gasteiger partial charge in [-0.05, 0) is 77.6 Å². The Morgan fingerprint density at radius 2 is 1.46 bits per heavy atom. The lowest BCUT2D eigenvalue weighted by Crippen LogP contribution is -2.10. The van der Waals surface area contributed by atoms with Crippen LogP contribution in [0.4, 0.5) is 0 Å². The summed E-state index contributed by atoms with van der Waals surface area (Å²) < 4.78 is 16.9. The topological polar surface area (TPSA) is 43.5 Å². The molecule has 35 heavy (non-hydrogen) atoms. The molecular weight excluding hydrogens is 434 g/mol. The molecule has 1 aliphatic rings. The fourth-order valence-electron chi connectivity index (χ4n) is 5.28. The van der Waals surface area contributed by atoms with Crippen molar-refractivity contribution in [1.29, 1.82) is 0 Å². The van der Waals surface area contributed by atoms with Crippen LogP contribution in [0.3, 0.4) is 0 Å². The van der Waals surface area contributed by atoms with Gasteiger partial charge in [0.05, 0.1) is 26.5 Å². The fourth-order valence-corrected chi connectivity index (χ4v) is 5.28. The highest BCUT2D eigenvalue weighted by atomic mass is 16.5. The minimum absolute atomic E-state index is 0.815. The largest absolute Gasteiger partial charge is 0.497 e. The van der Waals surface area contributed by atoms with Crippen molar-refractivity contribution in [1.82, 2.24) is 4.98 Å². The summed E-state index contributed by atoms with van der Waals surface area (Å²) in [7, 11) is 3.40. The second kappa shape index (κ2) is 10.9. The van der Waals surface area contributed by atoms with Crippen molar-refractivity contribution in [3.05, 3.63) is 77.9 Å². The summed E-state index contributed by atoms with van der Waals surface area (Å²) in [6, 6.07) is 23.1. The van der Waals surface area contributed by atoms with Crippen molar-refractivity contribution >= 4 is 10.9 Å². The van der Waals surface area contributed by atoms with Gasteiger partial charge in [-0.25, -0.2) is 0 Å². The molecule has 1 aliphatic carbocycles. The Kier molecular flexibility index (Phi) is 7.27. The first kappa shape index (κ1) is 23.3. The van der Waals surface area contributed by atoms with E-state index in [2.05, 4.69) is 53.5 Å². The molecule has 1 heterocycles. The van der Waals surface area contributed by atoms with E-state index in [1.165, 1.54) is 55.0 Å². The van der Waals surface area contributed by atoms with Gasteiger partial charge in [-0.2, -0.15) is 0 Å². The molecule has 0 amide bonds. The van der Waals surface area contributed by atoms with Gasteiger partial charge in [0.2, 0.25) is 0 Å². The molecule has 4 nitrogen and oxygen atoms in total. The maximum atomic E-state index is 6.08. The average molecular weight is 470 g/mol.